The van der Waals surface area contributed by atoms with Gasteiger partial charge >= 0.3 is 0 Å². The molecule has 1 aromatic carbocycles. The molecule has 0 aliphatic rings. The molecule has 98 valence electrons. The number of anilines is 1. The maximum Gasteiger partial charge on any atom is 0.251 e. The molecule has 4 N–H and O–H groups in total. The number of aromatic nitrogens is 2. The van der Waals surface area contributed by atoms with Gasteiger partial charge in [-0.15, -0.1) is 0 Å². The van der Waals surface area contributed by atoms with E-state index in [9.17, 15) is 4.79 Å². The highest BCUT2D eigenvalue weighted by Crippen LogP contribution is 2.14. The average Bonchev–Trinajstić information content (AvgIpc) is 2.45. The lowest BCUT2D eigenvalue weighted by atomic mass is 10.1. The standard InChI is InChI=1S/C13H15N5O/c1-9-6-10(18-14)2-3-12(9)13(19)16-7-11-4-5-15-8-17-11/h2-6,8,18H,7,14H2,1H3,(H,16,19). The van der Waals surface area contributed by atoms with Gasteiger partial charge in [-0.3, -0.25) is 10.6 Å². The van der Waals surface area contributed by atoms with Gasteiger partial charge in [0.15, 0.2) is 0 Å². The van der Waals surface area contributed by atoms with Crippen molar-refractivity contribution < 1.29 is 4.79 Å². The summed E-state index contributed by atoms with van der Waals surface area (Å²) in [4.78, 5) is 19.9. The average molecular weight is 257 g/mol. The highest BCUT2D eigenvalue weighted by Gasteiger charge is 2.09. The van der Waals surface area contributed by atoms with Gasteiger partial charge in [0.1, 0.15) is 6.33 Å². The molecule has 19 heavy (non-hydrogen) atoms. The number of nitrogens with zero attached hydrogens (tertiary/aromatic N) is 2. The molecule has 2 rings (SSSR count). The summed E-state index contributed by atoms with van der Waals surface area (Å²) in [6, 6.07) is 7.07. The lowest BCUT2D eigenvalue weighted by Gasteiger charge is -2.09. The number of hydrazine groups is 1. The van der Waals surface area contributed by atoms with Crippen LogP contribution in [0.1, 0.15) is 21.6 Å². The fourth-order valence-corrected chi connectivity index (χ4v) is 1.70. The topological polar surface area (TPSA) is 92.9 Å². The fraction of sp³-hybridized carbons (Fsp3) is 0.154. The van der Waals surface area contributed by atoms with Crippen LogP contribution in [0.15, 0.2) is 36.8 Å². The number of aryl methyl sites for hydroxylation is 1. The van der Waals surface area contributed by atoms with Crippen LogP contribution in [-0.2, 0) is 6.54 Å². The normalized spacial score (nSPS) is 10.0. The summed E-state index contributed by atoms with van der Waals surface area (Å²) in [7, 11) is 0. The second-order valence-corrected chi connectivity index (χ2v) is 4.06. The number of hydrogen-bond donors (Lipinski definition) is 3. The summed E-state index contributed by atoms with van der Waals surface area (Å²) in [6.07, 6.45) is 3.09. The number of nitrogen functional groups attached to an aromatic ring is 1. The second kappa shape index (κ2) is 5.92. The van der Waals surface area contributed by atoms with Gasteiger partial charge in [-0.05, 0) is 36.8 Å². The third-order valence-corrected chi connectivity index (χ3v) is 2.71. The zero-order valence-corrected chi connectivity index (χ0v) is 10.6. The highest BCUT2D eigenvalue weighted by atomic mass is 16.1. The Balaban J connectivity index is 2.04. The Morgan fingerprint density at radius 3 is 2.84 bits per heavy atom. The van der Waals surface area contributed by atoms with Crippen LogP contribution in [0.2, 0.25) is 0 Å². The molecule has 0 aliphatic carbocycles. The minimum Gasteiger partial charge on any atom is -0.346 e. The van der Waals surface area contributed by atoms with Gasteiger partial charge in [0.05, 0.1) is 12.2 Å². The van der Waals surface area contributed by atoms with Crippen LogP contribution >= 0.6 is 0 Å². The van der Waals surface area contributed by atoms with Crippen LogP contribution in [0.3, 0.4) is 0 Å². The van der Waals surface area contributed by atoms with E-state index >= 15 is 0 Å². The zero-order valence-electron chi connectivity index (χ0n) is 10.6. The first-order valence-corrected chi connectivity index (χ1v) is 5.81. The van der Waals surface area contributed by atoms with E-state index in [1.807, 2.05) is 13.0 Å². The highest BCUT2D eigenvalue weighted by molar-refractivity contribution is 5.95. The van der Waals surface area contributed by atoms with Gasteiger partial charge in [-0.25, -0.2) is 9.97 Å². The largest absolute Gasteiger partial charge is 0.346 e. The third-order valence-electron chi connectivity index (χ3n) is 2.71. The van der Waals surface area contributed by atoms with E-state index in [4.69, 9.17) is 5.84 Å². The summed E-state index contributed by atoms with van der Waals surface area (Å²) in [5, 5.41) is 2.81. The molecule has 2 aromatic rings. The van der Waals surface area contributed by atoms with Gasteiger partial charge in [-0.2, -0.15) is 0 Å². The minimum absolute atomic E-state index is 0.139. The van der Waals surface area contributed by atoms with Crippen molar-refractivity contribution in [2.75, 3.05) is 5.43 Å². The number of amides is 1. The Bertz CT molecular complexity index is 571. The first-order chi connectivity index (χ1) is 9.20. The lowest BCUT2D eigenvalue weighted by molar-refractivity contribution is 0.0950. The van der Waals surface area contributed by atoms with Crippen LogP contribution in [0.5, 0.6) is 0 Å². The number of benzene rings is 1. The molecule has 0 saturated carbocycles. The molecule has 0 saturated heterocycles. The second-order valence-electron chi connectivity index (χ2n) is 4.06. The molecule has 0 bridgehead atoms. The molecule has 0 spiro atoms. The number of rotatable bonds is 4. The van der Waals surface area contributed by atoms with Crippen molar-refractivity contribution in [3.63, 3.8) is 0 Å². The number of nitrogens with two attached hydrogens (primary N) is 1. The van der Waals surface area contributed by atoms with Gasteiger partial charge in [0, 0.05) is 17.4 Å². The van der Waals surface area contributed by atoms with Crippen LogP contribution in [0.4, 0.5) is 5.69 Å². The minimum atomic E-state index is -0.139. The van der Waals surface area contributed by atoms with E-state index in [1.54, 1.807) is 24.4 Å². The van der Waals surface area contributed by atoms with Crippen molar-refractivity contribution in [1.29, 1.82) is 0 Å². The van der Waals surface area contributed by atoms with E-state index in [0.29, 0.717) is 12.1 Å². The van der Waals surface area contributed by atoms with Crippen molar-refractivity contribution in [3.05, 3.63) is 53.6 Å². The Labute approximate surface area is 111 Å². The monoisotopic (exact) mass is 257 g/mol. The molecule has 1 amide bonds. The Kier molecular flexibility index (Phi) is 4.04. The summed E-state index contributed by atoms with van der Waals surface area (Å²) in [6.45, 7) is 2.23. The van der Waals surface area contributed by atoms with E-state index in [1.165, 1.54) is 6.33 Å². The summed E-state index contributed by atoms with van der Waals surface area (Å²) in [5.74, 6) is 5.18. The third kappa shape index (κ3) is 3.26. The lowest BCUT2D eigenvalue weighted by Crippen LogP contribution is -2.24. The quantitative estimate of drug-likeness (QED) is 0.561. The molecule has 6 nitrogen and oxygen atoms in total. The molecule has 1 heterocycles. The SMILES string of the molecule is Cc1cc(NN)ccc1C(=O)NCc1ccncn1. The van der Waals surface area contributed by atoms with Gasteiger partial charge in [0.2, 0.25) is 0 Å². The molecular weight excluding hydrogens is 242 g/mol. The van der Waals surface area contributed by atoms with Crippen molar-refractivity contribution in [3.8, 4) is 0 Å². The maximum atomic E-state index is 12.0. The molecule has 6 heteroatoms. The Hall–Kier alpha value is -2.47. The van der Waals surface area contributed by atoms with Gasteiger partial charge in [0.25, 0.3) is 5.91 Å². The molecule has 0 radical (unpaired) electrons. The first kappa shape index (κ1) is 13.0. The predicted molar refractivity (Wildman–Crippen MR) is 72.2 cm³/mol. The summed E-state index contributed by atoms with van der Waals surface area (Å²) in [5.41, 5.74) is 5.55. The van der Waals surface area contributed by atoms with Crippen LogP contribution in [0.25, 0.3) is 0 Å². The van der Waals surface area contributed by atoms with Crippen molar-refractivity contribution in [2.24, 2.45) is 5.84 Å². The molecule has 0 aliphatic heterocycles. The molecule has 0 atom stereocenters. The molecule has 1 aromatic heterocycles. The number of hydrogen-bond acceptors (Lipinski definition) is 5. The van der Waals surface area contributed by atoms with Crippen LogP contribution < -0.4 is 16.6 Å². The van der Waals surface area contributed by atoms with Crippen LogP contribution in [-0.4, -0.2) is 15.9 Å². The van der Waals surface area contributed by atoms with Crippen molar-refractivity contribution in [2.45, 2.75) is 13.5 Å². The van der Waals surface area contributed by atoms with Gasteiger partial charge in [-0.1, -0.05) is 0 Å². The van der Waals surface area contributed by atoms with E-state index in [0.717, 1.165) is 16.9 Å². The van der Waals surface area contributed by atoms with E-state index < -0.39 is 0 Å². The summed E-state index contributed by atoms with van der Waals surface area (Å²) < 4.78 is 0. The number of nitrogens with one attached hydrogen (secondary N) is 2. The smallest absolute Gasteiger partial charge is 0.251 e. The number of carbonyl (C=O) groups is 1. The molecule has 0 fully saturated rings. The predicted octanol–water partition coefficient (Wildman–Crippen LogP) is 1.00. The zero-order chi connectivity index (χ0) is 13.7. The Morgan fingerprint density at radius 1 is 1.37 bits per heavy atom. The van der Waals surface area contributed by atoms with E-state index in [-0.39, 0.29) is 5.91 Å². The van der Waals surface area contributed by atoms with Crippen LogP contribution in [0, 0.1) is 6.92 Å². The Morgan fingerprint density at radius 2 is 2.21 bits per heavy atom. The maximum absolute atomic E-state index is 12.0. The molecular formula is C13H15N5O. The number of carbonyl (C=O) groups excluding carboxylic acids is 1. The fourth-order valence-electron chi connectivity index (χ4n) is 1.70. The van der Waals surface area contributed by atoms with E-state index in [2.05, 4.69) is 20.7 Å². The van der Waals surface area contributed by atoms with Gasteiger partial charge < -0.3 is 10.7 Å². The summed E-state index contributed by atoms with van der Waals surface area (Å²) >= 11 is 0. The van der Waals surface area contributed by atoms with Crippen molar-refractivity contribution in [1.82, 2.24) is 15.3 Å². The molecule has 0 unspecified atom stereocenters. The van der Waals surface area contributed by atoms with Crippen molar-refractivity contribution >= 4 is 11.6 Å². The first-order valence-electron chi connectivity index (χ1n) is 5.81.